The smallest absolute Gasteiger partial charge is 0.198 e. The minimum Gasteiger partial charge on any atom is -0.398 e. The molecule has 92 valence electrons. The summed E-state index contributed by atoms with van der Waals surface area (Å²) in [6, 6.07) is 8.20. The van der Waals surface area contributed by atoms with E-state index in [0.29, 0.717) is 0 Å². The summed E-state index contributed by atoms with van der Waals surface area (Å²) in [7, 11) is 0. The second-order valence-corrected chi connectivity index (χ2v) is 4.00. The maximum absolute atomic E-state index is 13.7. The van der Waals surface area contributed by atoms with E-state index in [9.17, 15) is 13.6 Å². The lowest BCUT2D eigenvalue weighted by Gasteiger charge is -2.07. The van der Waals surface area contributed by atoms with Gasteiger partial charge in [-0.3, -0.25) is 4.79 Å². The number of carbonyl (C=O) groups excluding carboxylic acids is 1. The topological polar surface area (TPSA) is 43.1 Å². The number of para-hydroxylation sites is 1. The zero-order valence-corrected chi connectivity index (χ0v) is 9.71. The number of carbonyl (C=O) groups is 1. The fourth-order valence-corrected chi connectivity index (χ4v) is 1.67. The van der Waals surface area contributed by atoms with Crippen LogP contribution in [0, 0.1) is 18.6 Å². The Hall–Kier alpha value is -2.23. The Labute approximate surface area is 103 Å². The molecule has 0 bridgehead atoms. The van der Waals surface area contributed by atoms with Crippen LogP contribution in [-0.4, -0.2) is 5.78 Å². The van der Waals surface area contributed by atoms with Crippen LogP contribution >= 0.6 is 0 Å². The predicted molar refractivity (Wildman–Crippen MR) is 65.4 cm³/mol. The van der Waals surface area contributed by atoms with Crippen molar-refractivity contribution < 1.29 is 13.6 Å². The number of halogens is 2. The molecule has 0 unspecified atom stereocenters. The molecule has 2 aromatic rings. The van der Waals surface area contributed by atoms with Crippen molar-refractivity contribution >= 4 is 11.5 Å². The van der Waals surface area contributed by atoms with E-state index in [1.165, 1.54) is 19.1 Å². The number of hydrogen-bond donors (Lipinski definition) is 1. The Bertz CT molecular complexity index is 623. The number of nitrogen functional groups attached to an aromatic ring is 1. The Balaban J connectivity index is 2.53. The van der Waals surface area contributed by atoms with Crippen molar-refractivity contribution in [3.8, 4) is 0 Å². The van der Waals surface area contributed by atoms with Gasteiger partial charge in [0.15, 0.2) is 5.78 Å². The van der Waals surface area contributed by atoms with E-state index in [2.05, 4.69) is 0 Å². The third kappa shape index (κ3) is 2.09. The molecule has 0 heterocycles. The van der Waals surface area contributed by atoms with Gasteiger partial charge in [-0.15, -0.1) is 0 Å². The van der Waals surface area contributed by atoms with Gasteiger partial charge in [-0.2, -0.15) is 0 Å². The molecule has 18 heavy (non-hydrogen) atoms. The zero-order chi connectivity index (χ0) is 13.3. The van der Waals surface area contributed by atoms with E-state index in [1.807, 2.05) is 0 Å². The minimum atomic E-state index is -0.748. The van der Waals surface area contributed by atoms with Gasteiger partial charge in [0.25, 0.3) is 0 Å². The average molecular weight is 247 g/mol. The number of nitrogens with two attached hydrogens (primary N) is 1. The van der Waals surface area contributed by atoms with Crippen molar-refractivity contribution in [2.75, 3.05) is 5.73 Å². The molecular formula is C14H11F2NO. The molecule has 0 amide bonds. The fourth-order valence-electron chi connectivity index (χ4n) is 1.67. The first-order chi connectivity index (χ1) is 8.50. The second kappa shape index (κ2) is 4.56. The molecule has 0 atom stereocenters. The summed E-state index contributed by atoms with van der Waals surface area (Å²) < 4.78 is 27.1. The van der Waals surface area contributed by atoms with Crippen molar-refractivity contribution in [3.63, 3.8) is 0 Å². The molecule has 0 aliphatic rings. The number of rotatable bonds is 2. The molecule has 2 N–H and O–H groups in total. The minimum absolute atomic E-state index is 0.157. The summed E-state index contributed by atoms with van der Waals surface area (Å²) in [5.41, 5.74) is 5.89. The van der Waals surface area contributed by atoms with Crippen LogP contribution in [0.5, 0.6) is 0 Å². The monoisotopic (exact) mass is 247 g/mol. The lowest BCUT2D eigenvalue weighted by atomic mass is 10.00. The van der Waals surface area contributed by atoms with Gasteiger partial charge in [0.05, 0.1) is 5.56 Å². The molecule has 0 spiro atoms. The fraction of sp³-hybridized carbons (Fsp3) is 0.0714. The number of ketones is 1. The number of aryl methyl sites for hydroxylation is 1. The van der Waals surface area contributed by atoms with Gasteiger partial charge in [-0.05, 0) is 36.8 Å². The lowest BCUT2D eigenvalue weighted by Crippen LogP contribution is -2.08. The number of hydrogen-bond acceptors (Lipinski definition) is 2. The van der Waals surface area contributed by atoms with Crippen molar-refractivity contribution in [3.05, 3.63) is 64.7 Å². The van der Waals surface area contributed by atoms with Crippen LogP contribution in [-0.2, 0) is 0 Å². The third-order valence-corrected chi connectivity index (χ3v) is 2.70. The van der Waals surface area contributed by atoms with Crippen LogP contribution in [0.15, 0.2) is 36.4 Å². The molecule has 0 aliphatic carbocycles. The van der Waals surface area contributed by atoms with E-state index < -0.39 is 17.4 Å². The Morgan fingerprint density at radius 3 is 2.39 bits per heavy atom. The Kier molecular flexibility index (Phi) is 3.10. The van der Waals surface area contributed by atoms with Crippen molar-refractivity contribution in [1.29, 1.82) is 0 Å². The van der Waals surface area contributed by atoms with Gasteiger partial charge in [-0.25, -0.2) is 8.78 Å². The van der Waals surface area contributed by atoms with E-state index in [-0.39, 0.29) is 22.4 Å². The van der Waals surface area contributed by atoms with Crippen molar-refractivity contribution in [1.82, 2.24) is 0 Å². The summed E-state index contributed by atoms with van der Waals surface area (Å²) in [4.78, 5) is 12.1. The summed E-state index contributed by atoms with van der Waals surface area (Å²) in [5, 5.41) is 0. The second-order valence-electron chi connectivity index (χ2n) is 4.00. The summed E-state index contributed by atoms with van der Waals surface area (Å²) >= 11 is 0. The molecule has 0 saturated heterocycles. The highest BCUT2D eigenvalue weighted by Crippen LogP contribution is 2.20. The number of benzene rings is 2. The highest BCUT2D eigenvalue weighted by atomic mass is 19.1. The van der Waals surface area contributed by atoms with E-state index in [0.717, 1.165) is 12.1 Å². The predicted octanol–water partition coefficient (Wildman–Crippen LogP) is 3.09. The maximum Gasteiger partial charge on any atom is 0.198 e. The van der Waals surface area contributed by atoms with Crippen LogP contribution in [0.4, 0.5) is 14.5 Å². The normalized spacial score (nSPS) is 10.4. The van der Waals surface area contributed by atoms with Gasteiger partial charge < -0.3 is 5.73 Å². The zero-order valence-electron chi connectivity index (χ0n) is 9.71. The quantitative estimate of drug-likeness (QED) is 0.654. The van der Waals surface area contributed by atoms with Crippen LogP contribution in [0.25, 0.3) is 0 Å². The largest absolute Gasteiger partial charge is 0.398 e. The van der Waals surface area contributed by atoms with E-state index in [4.69, 9.17) is 5.73 Å². The molecule has 0 radical (unpaired) electrons. The molecule has 2 aromatic carbocycles. The van der Waals surface area contributed by atoms with Gasteiger partial charge in [0.1, 0.15) is 11.6 Å². The van der Waals surface area contributed by atoms with Crippen molar-refractivity contribution in [2.45, 2.75) is 6.92 Å². The van der Waals surface area contributed by atoms with Crippen molar-refractivity contribution in [2.24, 2.45) is 0 Å². The van der Waals surface area contributed by atoms with Gasteiger partial charge in [0, 0.05) is 11.3 Å². The molecule has 4 heteroatoms. The first kappa shape index (κ1) is 12.2. The van der Waals surface area contributed by atoms with Gasteiger partial charge in [0.2, 0.25) is 0 Å². The maximum atomic E-state index is 13.7. The van der Waals surface area contributed by atoms with E-state index >= 15 is 0 Å². The summed E-state index contributed by atoms with van der Waals surface area (Å²) in [6.45, 7) is 1.43. The van der Waals surface area contributed by atoms with Gasteiger partial charge in [-0.1, -0.05) is 12.1 Å². The first-order valence-electron chi connectivity index (χ1n) is 5.35. The third-order valence-electron chi connectivity index (χ3n) is 2.70. The van der Waals surface area contributed by atoms with Crippen LogP contribution in [0.3, 0.4) is 0 Å². The average Bonchev–Trinajstić information content (AvgIpc) is 2.33. The molecule has 0 aromatic heterocycles. The first-order valence-corrected chi connectivity index (χ1v) is 5.35. The highest BCUT2D eigenvalue weighted by Gasteiger charge is 2.18. The Morgan fingerprint density at radius 2 is 1.72 bits per heavy atom. The Morgan fingerprint density at radius 1 is 1.06 bits per heavy atom. The van der Waals surface area contributed by atoms with Crippen LogP contribution in [0.2, 0.25) is 0 Å². The molecule has 2 nitrogen and oxygen atoms in total. The molecule has 0 saturated carbocycles. The SMILES string of the molecule is Cc1cc(F)c(C(=O)c2ccccc2N)cc1F. The molecule has 2 rings (SSSR count). The standard InChI is InChI=1S/C14H11F2NO/c1-8-6-12(16)10(7-11(8)15)14(18)9-4-2-3-5-13(9)17/h2-7H,17H2,1H3. The van der Waals surface area contributed by atoms with Gasteiger partial charge >= 0.3 is 0 Å². The molecule has 0 fully saturated rings. The van der Waals surface area contributed by atoms with Crippen LogP contribution < -0.4 is 5.73 Å². The number of anilines is 1. The molecular weight excluding hydrogens is 236 g/mol. The summed E-state index contributed by atoms with van der Waals surface area (Å²) in [6.07, 6.45) is 0. The lowest BCUT2D eigenvalue weighted by molar-refractivity contribution is 0.103. The van der Waals surface area contributed by atoms with Crippen LogP contribution in [0.1, 0.15) is 21.5 Å². The molecule has 0 aliphatic heterocycles. The summed E-state index contributed by atoms with van der Waals surface area (Å²) in [5.74, 6) is -1.99. The highest BCUT2D eigenvalue weighted by molar-refractivity contribution is 6.12. The van der Waals surface area contributed by atoms with E-state index in [1.54, 1.807) is 12.1 Å².